The summed E-state index contributed by atoms with van der Waals surface area (Å²) in [6.07, 6.45) is 0. The predicted molar refractivity (Wildman–Crippen MR) is 126 cm³/mol. The molecule has 0 aliphatic carbocycles. The molecule has 6 nitrogen and oxygen atoms in total. The molecule has 4 rings (SSSR count). The van der Waals surface area contributed by atoms with Crippen LogP contribution in [0, 0.1) is 5.82 Å². The van der Waals surface area contributed by atoms with Gasteiger partial charge in [0.1, 0.15) is 11.6 Å². The van der Waals surface area contributed by atoms with E-state index in [4.69, 9.17) is 4.74 Å². The molecule has 3 aromatic carbocycles. The van der Waals surface area contributed by atoms with E-state index in [1.165, 1.54) is 48.4 Å². The molecular formula is C23H18FN3O3S2. The molecule has 0 aliphatic rings. The van der Waals surface area contributed by atoms with Gasteiger partial charge in [-0.3, -0.25) is 9.59 Å². The van der Waals surface area contributed by atoms with Gasteiger partial charge >= 0.3 is 0 Å². The molecule has 0 saturated carbocycles. The summed E-state index contributed by atoms with van der Waals surface area (Å²) in [7, 11) is 1.43. The van der Waals surface area contributed by atoms with Gasteiger partial charge in [-0.05, 0) is 42.5 Å². The highest BCUT2D eigenvalue weighted by molar-refractivity contribution is 8.01. The Hall–Kier alpha value is -3.43. The number of carbonyl (C=O) groups is 2. The number of fused-ring (bicyclic) bond motifs is 1. The van der Waals surface area contributed by atoms with Crippen LogP contribution in [0.4, 0.5) is 15.8 Å². The summed E-state index contributed by atoms with van der Waals surface area (Å²) in [6, 6.07) is 18.6. The van der Waals surface area contributed by atoms with Gasteiger partial charge in [-0.1, -0.05) is 30.0 Å². The number of thioether (sulfide) groups is 1. The number of aromatic nitrogens is 1. The quantitative estimate of drug-likeness (QED) is 0.355. The van der Waals surface area contributed by atoms with Crippen molar-refractivity contribution in [2.45, 2.75) is 4.34 Å². The zero-order valence-corrected chi connectivity index (χ0v) is 18.6. The second kappa shape index (κ2) is 9.80. The van der Waals surface area contributed by atoms with Crippen LogP contribution in [0.1, 0.15) is 10.4 Å². The van der Waals surface area contributed by atoms with Crippen LogP contribution < -0.4 is 15.4 Å². The average Bonchev–Trinajstić information content (AvgIpc) is 3.20. The van der Waals surface area contributed by atoms with Crippen LogP contribution in [0.5, 0.6) is 5.75 Å². The molecule has 0 spiro atoms. The van der Waals surface area contributed by atoms with Crippen molar-refractivity contribution in [1.29, 1.82) is 0 Å². The van der Waals surface area contributed by atoms with E-state index < -0.39 is 11.7 Å². The highest BCUT2D eigenvalue weighted by atomic mass is 32.2. The van der Waals surface area contributed by atoms with E-state index >= 15 is 0 Å². The maximum absolute atomic E-state index is 14.2. The van der Waals surface area contributed by atoms with E-state index in [-0.39, 0.29) is 17.2 Å². The molecule has 1 aromatic heterocycles. The van der Waals surface area contributed by atoms with Gasteiger partial charge in [0.15, 0.2) is 4.34 Å². The molecule has 32 heavy (non-hydrogen) atoms. The minimum Gasteiger partial charge on any atom is -0.497 e. The van der Waals surface area contributed by atoms with Crippen molar-refractivity contribution in [1.82, 2.24) is 4.98 Å². The lowest BCUT2D eigenvalue weighted by Gasteiger charge is -2.07. The summed E-state index contributed by atoms with van der Waals surface area (Å²) >= 11 is 2.76. The third-order valence-corrected chi connectivity index (χ3v) is 6.59. The first kappa shape index (κ1) is 21.8. The summed E-state index contributed by atoms with van der Waals surface area (Å²) in [5.74, 6) is -0.758. The first-order valence-corrected chi connectivity index (χ1v) is 11.4. The van der Waals surface area contributed by atoms with Crippen molar-refractivity contribution in [3.8, 4) is 5.75 Å². The van der Waals surface area contributed by atoms with Gasteiger partial charge in [0.2, 0.25) is 5.91 Å². The number of nitrogens with one attached hydrogen (secondary N) is 2. The summed E-state index contributed by atoms with van der Waals surface area (Å²) < 4.78 is 20.7. The molecule has 0 saturated heterocycles. The summed E-state index contributed by atoms with van der Waals surface area (Å²) in [5.41, 5.74) is 1.96. The molecule has 0 radical (unpaired) electrons. The molecule has 2 N–H and O–H groups in total. The van der Waals surface area contributed by atoms with Crippen LogP contribution in [0.3, 0.4) is 0 Å². The van der Waals surface area contributed by atoms with Crippen LogP contribution in [-0.4, -0.2) is 29.7 Å². The number of rotatable bonds is 7. The lowest BCUT2D eigenvalue weighted by Crippen LogP contribution is -2.13. The highest BCUT2D eigenvalue weighted by Crippen LogP contribution is 2.31. The molecule has 0 fully saturated rings. The minimum atomic E-state index is -0.659. The van der Waals surface area contributed by atoms with Gasteiger partial charge in [-0.25, -0.2) is 9.37 Å². The number of para-hydroxylation sites is 1. The molecule has 9 heteroatoms. The number of benzene rings is 3. The standard InChI is InChI=1S/C23H18FN3O3S2/c1-30-16-8-9-17(18(24)12-16)22(29)26-15-7-10-19-20(11-15)32-23(27-19)31-13-21(28)25-14-5-3-2-4-6-14/h2-12H,13H2,1H3,(H,25,28)(H,26,29). The SMILES string of the molecule is COc1ccc(C(=O)Nc2ccc3nc(SCC(=O)Nc4ccccc4)sc3c2)c(F)c1. The number of ether oxygens (including phenoxy) is 1. The van der Waals surface area contributed by atoms with Gasteiger partial charge in [0.25, 0.3) is 5.91 Å². The van der Waals surface area contributed by atoms with Crippen LogP contribution in [-0.2, 0) is 4.79 Å². The summed E-state index contributed by atoms with van der Waals surface area (Å²) in [5, 5.41) is 5.54. The Morgan fingerprint density at radius 3 is 2.59 bits per heavy atom. The van der Waals surface area contributed by atoms with Crippen molar-refractivity contribution in [2.24, 2.45) is 0 Å². The summed E-state index contributed by atoms with van der Waals surface area (Å²) in [6.45, 7) is 0. The fourth-order valence-corrected chi connectivity index (χ4v) is 4.80. The highest BCUT2D eigenvalue weighted by Gasteiger charge is 2.14. The van der Waals surface area contributed by atoms with Gasteiger partial charge in [-0.15, -0.1) is 11.3 Å². The number of amides is 2. The molecule has 0 bridgehead atoms. The number of carbonyl (C=O) groups excluding carboxylic acids is 2. The first-order chi connectivity index (χ1) is 15.5. The topological polar surface area (TPSA) is 80.3 Å². The lowest BCUT2D eigenvalue weighted by molar-refractivity contribution is -0.113. The van der Waals surface area contributed by atoms with Crippen LogP contribution in [0.15, 0.2) is 71.1 Å². The van der Waals surface area contributed by atoms with Gasteiger partial charge in [-0.2, -0.15) is 0 Å². The van der Waals surface area contributed by atoms with Crippen molar-refractivity contribution >= 4 is 56.5 Å². The van der Waals surface area contributed by atoms with Crippen molar-refractivity contribution in [3.05, 3.63) is 78.1 Å². The predicted octanol–water partition coefficient (Wildman–Crippen LogP) is 5.43. The molecular weight excluding hydrogens is 449 g/mol. The fraction of sp³-hybridized carbons (Fsp3) is 0.0870. The van der Waals surface area contributed by atoms with Crippen LogP contribution in [0.2, 0.25) is 0 Å². The number of hydrogen-bond donors (Lipinski definition) is 2. The molecule has 2 amide bonds. The maximum atomic E-state index is 14.2. The van der Waals surface area contributed by atoms with Crippen LogP contribution in [0.25, 0.3) is 10.2 Å². The van der Waals surface area contributed by atoms with Gasteiger partial charge in [0.05, 0.1) is 28.6 Å². The second-order valence-electron chi connectivity index (χ2n) is 6.67. The first-order valence-electron chi connectivity index (χ1n) is 9.55. The fourth-order valence-electron chi connectivity index (χ4n) is 2.89. The Balaban J connectivity index is 1.40. The van der Waals surface area contributed by atoms with E-state index in [2.05, 4.69) is 15.6 Å². The van der Waals surface area contributed by atoms with E-state index in [1.807, 2.05) is 30.3 Å². The Morgan fingerprint density at radius 2 is 1.84 bits per heavy atom. The summed E-state index contributed by atoms with van der Waals surface area (Å²) in [4.78, 5) is 29.1. The normalized spacial score (nSPS) is 10.7. The Morgan fingerprint density at radius 1 is 1.03 bits per heavy atom. The van der Waals surface area contributed by atoms with E-state index in [1.54, 1.807) is 18.2 Å². The molecule has 0 unspecified atom stereocenters. The number of hydrogen-bond acceptors (Lipinski definition) is 6. The largest absolute Gasteiger partial charge is 0.497 e. The Kier molecular flexibility index (Phi) is 6.67. The van der Waals surface area contributed by atoms with Gasteiger partial charge < -0.3 is 15.4 Å². The smallest absolute Gasteiger partial charge is 0.258 e. The lowest BCUT2D eigenvalue weighted by atomic mass is 10.2. The number of nitrogens with zero attached hydrogens (tertiary/aromatic N) is 1. The molecule has 0 atom stereocenters. The van der Waals surface area contributed by atoms with Crippen molar-refractivity contribution < 1.29 is 18.7 Å². The minimum absolute atomic E-state index is 0.0733. The Labute approximate surface area is 191 Å². The average molecular weight is 468 g/mol. The third kappa shape index (κ3) is 5.24. The maximum Gasteiger partial charge on any atom is 0.258 e. The molecule has 1 heterocycles. The monoisotopic (exact) mass is 467 g/mol. The zero-order valence-electron chi connectivity index (χ0n) is 16.9. The van der Waals surface area contributed by atoms with E-state index in [0.717, 1.165) is 20.2 Å². The number of methoxy groups -OCH3 is 1. The van der Waals surface area contributed by atoms with Crippen molar-refractivity contribution in [3.63, 3.8) is 0 Å². The van der Waals surface area contributed by atoms with E-state index in [9.17, 15) is 14.0 Å². The number of thiazole rings is 1. The zero-order chi connectivity index (χ0) is 22.5. The molecule has 4 aromatic rings. The molecule has 162 valence electrons. The van der Waals surface area contributed by atoms with Gasteiger partial charge in [0, 0.05) is 17.4 Å². The van der Waals surface area contributed by atoms with Crippen LogP contribution >= 0.6 is 23.1 Å². The van der Waals surface area contributed by atoms with Crippen molar-refractivity contribution in [2.75, 3.05) is 23.5 Å². The number of halogens is 1. The third-order valence-electron chi connectivity index (χ3n) is 4.43. The Bertz CT molecular complexity index is 1280. The second-order valence-corrected chi connectivity index (χ2v) is 8.92. The number of anilines is 2. The van der Waals surface area contributed by atoms with E-state index in [0.29, 0.717) is 11.4 Å². The molecule has 0 aliphatic heterocycles.